The van der Waals surface area contributed by atoms with Gasteiger partial charge in [-0.05, 0) is 50.2 Å². The van der Waals surface area contributed by atoms with Crippen molar-refractivity contribution in [2.45, 2.75) is 18.9 Å². The Hall–Kier alpha value is -1.26. The van der Waals surface area contributed by atoms with Crippen LogP contribution < -0.4 is 20.3 Å². The molecule has 0 aliphatic carbocycles. The first-order valence-electron chi connectivity index (χ1n) is 7.35. The van der Waals surface area contributed by atoms with Gasteiger partial charge in [-0.1, -0.05) is 0 Å². The van der Waals surface area contributed by atoms with Crippen LogP contribution in [-0.2, 0) is 0 Å². The fraction of sp³-hybridized carbons (Fsp3) is 0.600. The highest BCUT2D eigenvalue weighted by Crippen LogP contribution is 2.22. The topological polar surface area (TPSA) is 36.5 Å². The number of ether oxygens (including phenoxy) is 1. The Kier molecular flexibility index (Phi) is 4.20. The highest BCUT2D eigenvalue weighted by Gasteiger charge is 2.15. The third kappa shape index (κ3) is 3.39. The minimum Gasteiger partial charge on any atom is -0.490 e. The Morgan fingerprint density at radius 2 is 1.53 bits per heavy atom. The molecule has 1 aromatic carbocycles. The van der Waals surface area contributed by atoms with Gasteiger partial charge in [0, 0.05) is 31.9 Å². The van der Waals surface area contributed by atoms with E-state index in [0.29, 0.717) is 6.10 Å². The second kappa shape index (κ2) is 6.26. The van der Waals surface area contributed by atoms with Gasteiger partial charge in [-0.3, -0.25) is 0 Å². The molecular weight excluding hydrogens is 238 g/mol. The molecule has 0 radical (unpaired) electrons. The van der Waals surface area contributed by atoms with Gasteiger partial charge in [0.15, 0.2) is 0 Å². The van der Waals surface area contributed by atoms with Gasteiger partial charge >= 0.3 is 0 Å². The lowest BCUT2D eigenvalue weighted by Crippen LogP contribution is -2.43. The van der Waals surface area contributed by atoms with Gasteiger partial charge in [0.2, 0.25) is 0 Å². The number of rotatable bonds is 3. The summed E-state index contributed by atoms with van der Waals surface area (Å²) >= 11 is 0. The van der Waals surface area contributed by atoms with Gasteiger partial charge in [0.1, 0.15) is 11.9 Å². The summed E-state index contributed by atoms with van der Waals surface area (Å²) in [4.78, 5) is 2.42. The number of piperazine rings is 1. The lowest BCUT2D eigenvalue weighted by molar-refractivity contribution is 0.162. The Balaban J connectivity index is 1.58. The number of nitrogens with one attached hydrogen (secondary N) is 2. The van der Waals surface area contributed by atoms with E-state index < -0.39 is 0 Å². The molecule has 0 atom stereocenters. The van der Waals surface area contributed by atoms with Gasteiger partial charge in [0.25, 0.3) is 0 Å². The number of anilines is 1. The molecule has 4 heteroatoms. The first-order chi connectivity index (χ1) is 9.42. The van der Waals surface area contributed by atoms with Crippen molar-refractivity contribution in [2.75, 3.05) is 44.2 Å². The average Bonchev–Trinajstić information content (AvgIpc) is 2.50. The standard InChI is InChI=1S/C15H23N3O/c1-3-14(19-15-5-7-16-8-6-15)4-2-13(1)18-11-9-17-10-12-18/h1-4,15-17H,5-12H2. The summed E-state index contributed by atoms with van der Waals surface area (Å²) in [5, 5.41) is 6.74. The molecule has 2 saturated heterocycles. The summed E-state index contributed by atoms with van der Waals surface area (Å²) in [5.74, 6) is 1.01. The van der Waals surface area contributed by atoms with Gasteiger partial charge < -0.3 is 20.3 Å². The highest BCUT2D eigenvalue weighted by atomic mass is 16.5. The summed E-state index contributed by atoms with van der Waals surface area (Å²) in [6.45, 7) is 6.48. The molecule has 1 aromatic rings. The van der Waals surface area contributed by atoms with Gasteiger partial charge in [-0.25, -0.2) is 0 Å². The molecule has 0 aromatic heterocycles. The van der Waals surface area contributed by atoms with E-state index >= 15 is 0 Å². The van der Waals surface area contributed by atoms with E-state index in [-0.39, 0.29) is 0 Å². The molecule has 2 heterocycles. The molecule has 0 unspecified atom stereocenters. The molecule has 0 spiro atoms. The smallest absolute Gasteiger partial charge is 0.119 e. The zero-order valence-electron chi connectivity index (χ0n) is 11.4. The Labute approximate surface area is 115 Å². The molecule has 2 aliphatic heterocycles. The first-order valence-corrected chi connectivity index (χ1v) is 7.35. The minimum atomic E-state index is 0.381. The molecule has 104 valence electrons. The van der Waals surface area contributed by atoms with E-state index in [2.05, 4.69) is 39.8 Å². The van der Waals surface area contributed by atoms with Crippen LogP contribution in [0.5, 0.6) is 5.75 Å². The summed E-state index contributed by atoms with van der Waals surface area (Å²) < 4.78 is 6.03. The SMILES string of the molecule is c1cc(N2CCNCC2)ccc1OC1CCNCC1. The van der Waals surface area contributed by atoms with Crippen molar-refractivity contribution in [1.29, 1.82) is 0 Å². The van der Waals surface area contributed by atoms with Crippen molar-refractivity contribution >= 4 is 5.69 Å². The van der Waals surface area contributed by atoms with Crippen LogP contribution >= 0.6 is 0 Å². The van der Waals surface area contributed by atoms with Crippen molar-refractivity contribution in [3.05, 3.63) is 24.3 Å². The maximum atomic E-state index is 6.03. The lowest BCUT2D eigenvalue weighted by atomic mass is 10.1. The fourth-order valence-electron chi connectivity index (χ4n) is 2.76. The quantitative estimate of drug-likeness (QED) is 0.858. The Bertz CT molecular complexity index is 381. The summed E-state index contributed by atoms with van der Waals surface area (Å²) in [5.41, 5.74) is 1.30. The van der Waals surface area contributed by atoms with E-state index in [1.165, 1.54) is 5.69 Å². The van der Waals surface area contributed by atoms with Crippen molar-refractivity contribution < 1.29 is 4.74 Å². The number of piperidine rings is 1. The van der Waals surface area contributed by atoms with Crippen LogP contribution in [0.1, 0.15) is 12.8 Å². The van der Waals surface area contributed by atoms with Crippen molar-refractivity contribution in [2.24, 2.45) is 0 Å². The molecule has 2 N–H and O–H groups in total. The second-order valence-electron chi connectivity index (χ2n) is 5.30. The maximum absolute atomic E-state index is 6.03. The van der Waals surface area contributed by atoms with E-state index in [9.17, 15) is 0 Å². The van der Waals surface area contributed by atoms with Crippen LogP contribution in [0.4, 0.5) is 5.69 Å². The van der Waals surface area contributed by atoms with Gasteiger partial charge in [-0.15, -0.1) is 0 Å². The summed E-state index contributed by atoms with van der Waals surface area (Å²) in [7, 11) is 0. The Morgan fingerprint density at radius 3 is 2.21 bits per heavy atom. The van der Waals surface area contributed by atoms with Gasteiger partial charge in [-0.2, -0.15) is 0 Å². The van der Waals surface area contributed by atoms with Crippen LogP contribution in [-0.4, -0.2) is 45.4 Å². The molecule has 2 aliphatic rings. The number of benzene rings is 1. The van der Waals surface area contributed by atoms with Crippen LogP contribution in [0.3, 0.4) is 0 Å². The average molecular weight is 261 g/mol. The summed E-state index contributed by atoms with van der Waals surface area (Å²) in [6.07, 6.45) is 2.60. The summed E-state index contributed by atoms with van der Waals surface area (Å²) in [6, 6.07) is 8.59. The second-order valence-corrected chi connectivity index (χ2v) is 5.30. The molecule has 0 amide bonds. The normalized spacial score (nSPS) is 21.4. The Morgan fingerprint density at radius 1 is 0.895 bits per heavy atom. The maximum Gasteiger partial charge on any atom is 0.119 e. The van der Waals surface area contributed by atoms with E-state index in [1.807, 2.05) is 0 Å². The van der Waals surface area contributed by atoms with Crippen LogP contribution in [0.25, 0.3) is 0 Å². The molecule has 3 rings (SSSR count). The third-order valence-electron chi connectivity index (χ3n) is 3.91. The zero-order valence-corrected chi connectivity index (χ0v) is 11.4. The van der Waals surface area contributed by atoms with Crippen LogP contribution in [0.15, 0.2) is 24.3 Å². The van der Waals surface area contributed by atoms with E-state index in [0.717, 1.165) is 57.9 Å². The fourth-order valence-corrected chi connectivity index (χ4v) is 2.76. The predicted octanol–water partition coefficient (Wildman–Crippen LogP) is 1.23. The molecule has 4 nitrogen and oxygen atoms in total. The number of hydrogen-bond acceptors (Lipinski definition) is 4. The van der Waals surface area contributed by atoms with Crippen LogP contribution in [0, 0.1) is 0 Å². The van der Waals surface area contributed by atoms with Crippen LogP contribution in [0.2, 0.25) is 0 Å². The third-order valence-corrected chi connectivity index (χ3v) is 3.91. The molecular formula is C15H23N3O. The molecule has 0 bridgehead atoms. The zero-order chi connectivity index (χ0) is 12.9. The predicted molar refractivity (Wildman–Crippen MR) is 78.0 cm³/mol. The molecule has 2 fully saturated rings. The number of nitrogens with zero attached hydrogens (tertiary/aromatic N) is 1. The molecule has 19 heavy (non-hydrogen) atoms. The van der Waals surface area contributed by atoms with E-state index in [1.54, 1.807) is 0 Å². The van der Waals surface area contributed by atoms with Crippen molar-refractivity contribution in [3.8, 4) is 5.75 Å². The van der Waals surface area contributed by atoms with Crippen molar-refractivity contribution in [1.82, 2.24) is 10.6 Å². The number of hydrogen-bond donors (Lipinski definition) is 2. The first kappa shape index (κ1) is 12.8. The largest absolute Gasteiger partial charge is 0.490 e. The highest BCUT2D eigenvalue weighted by molar-refractivity contribution is 5.49. The van der Waals surface area contributed by atoms with E-state index in [4.69, 9.17) is 4.74 Å². The van der Waals surface area contributed by atoms with Crippen molar-refractivity contribution in [3.63, 3.8) is 0 Å². The van der Waals surface area contributed by atoms with Gasteiger partial charge in [0.05, 0.1) is 0 Å². The molecule has 0 saturated carbocycles. The minimum absolute atomic E-state index is 0.381. The monoisotopic (exact) mass is 261 g/mol. The lowest BCUT2D eigenvalue weighted by Gasteiger charge is -2.29.